The van der Waals surface area contributed by atoms with E-state index < -0.39 is 106 Å². The number of esters is 3. The molecular weight excluding hydrogens is 759 g/mol. The lowest BCUT2D eigenvalue weighted by atomic mass is 9.43. The number of aliphatic hydroxyl groups is 2. The Hall–Kier alpha value is -3.78. The summed E-state index contributed by atoms with van der Waals surface area (Å²) in [6, 6.07) is 7.55. The molecule has 0 radical (unpaired) electrons. The highest BCUT2D eigenvalue weighted by molar-refractivity contribution is 5.89. The molecule has 0 unspecified atom stereocenters. The first-order valence-corrected chi connectivity index (χ1v) is 21.1. The fraction of sp³-hybridized carbons (Fsp3) is 0.696. The number of hydrogen-bond acceptors (Lipinski definition) is 12. The number of aliphatic hydroxyl groups excluding tert-OH is 1. The van der Waals surface area contributed by atoms with Gasteiger partial charge in [0.1, 0.15) is 23.4 Å². The van der Waals surface area contributed by atoms with Crippen LogP contribution < -0.4 is 5.32 Å². The number of fused-ring (bicyclic) bond motifs is 3. The van der Waals surface area contributed by atoms with Crippen molar-refractivity contribution >= 4 is 24.0 Å². The van der Waals surface area contributed by atoms with E-state index in [2.05, 4.69) is 18.8 Å². The number of alkyl carbamates (subject to hydrolysis) is 1. The minimum atomic E-state index is -1.77. The molecule has 4 aliphatic carbocycles. The Bertz CT molecular complexity index is 1830. The SMILES string of the molecule is C=C[C@H]1O[C@H]2C[C@H]3CC[C@@]3(OC(C)=O)[C@H]3[C@H](OC(=O)c4ccccc4)[C@]4(C(C)(C)O)C[C@H](OC(=O)[C@H](O)[C@H](CC(C)C)NC(=O)OC(C)(C)C)C(C)=C4[C@H](C)[C@H](O1)[C@]23C. The second kappa shape index (κ2) is 15.9. The zero-order chi connectivity index (χ0) is 43.6. The van der Waals surface area contributed by atoms with Crippen LogP contribution >= 0.6 is 0 Å². The van der Waals surface area contributed by atoms with Crippen molar-refractivity contribution in [3.8, 4) is 0 Å². The zero-order valence-electron chi connectivity index (χ0n) is 36.5. The molecule has 326 valence electrons. The van der Waals surface area contributed by atoms with Gasteiger partial charge in [0.2, 0.25) is 0 Å². The summed E-state index contributed by atoms with van der Waals surface area (Å²) in [4.78, 5) is 54.7. The maximum Gasteiger partial charge on any atom is 0.407 e. The van der Waals surface area contributed by atoms with Crippen LogP contribution in [0.5, 0.6) is 0 Å². The maximum atomic E-state index is 14.5. The zero-order valence-corrected chi connectivity index (χ0v) is 36.5. The molecule has 1 aromatic carbocycles. The number of ether oxygens (including phenoxy) is 6. The van der Waals surface area contributed by atoms with Crippen LogP contribution in [0.2, 0.25) is 0 Å². The highest BCUT2D eigenvalue weighted by Crippen LogP contribution is 2.72. The van der Waals surface area contributed by atoms with Crippen LogP contribution in [-0.2, 0) is 38.0 Å². The molecule has 1 aromatic rings. The fourth-order valence-electron chi connectivity index (χ4n) is 11.6. The van der Waals surface area contributed by atoms with Crippen LogP contribution in [0.25, 0.3) is 0 Å². The molecule has 0 spiro atoms. The van der Waals surface area contributed by atoms with E-state index in [1.807, 2.05) is 27.7 Å². The number of carbonyl (C=O) groups is 4. The van der Waals surface area contributed by atoms with Crippen molar-refractivity contribution in [3.05, 3.63) is 59.7 Å². The van der Waals surface area contributed by atoms with Crippen molar-refractivity contribution in [2.45, 2.75) is 168 Å². The Morgan fingerprint density at radius 3 is 2.27 bits per heavy atom. The number of hydrogen-bond donors (Lipinski definition) is 3. The second-order valence-corrected chi connectivity index (χ2v) is 19.7. The quantitative estimate of drug-likeness (QED) is 0.124. The lowest BCUT2D eigenvalue weighted by molar-refractivity contribution is -0.361. The summed E-state index contributed by atoms with van der Waals surface area (Å²) in [5.41, 5.74) is -4.41. The molecule has 59 heavy (non-hydrogen) atoms. The number of carbonyl (C=O) groups excluding carboxylic acids is 4. The van der Waals surface area contributed by atoms with E-state index >= 15 is 0 Å². The van der Waals surface area contributed by atoms with Crippen molar-refractivity contribution in [1.29, 1.82) is 0 Å². The van der Waals surface area contributed by atoms with Crippen LogP contribution in [0.4, 0.5) is 4.79 Å². The summed E-state index contributed by atoms with van der Waals surface area (Å²) < 4.78 is 38.6. The van der Waals surface area contributed by atoms with Crippen LogP contribution in [0.1, 0.15) is 119 Å². The lowest BCUT2D eigenvalue weighted by Crippen LogP contribution is -2.75. The molecule has 3 N–H and O–H groups in total. The number of benzene rings is 1. The molecule has 4 fully saturated rings. The molecule has 1 saturated heterocycles. The van der Waals surface area contributed by atoms with Gasteiger partial charge in [-0.25, -0.2) is 14.4 Å². The Labute approximate surface area is 348 Å². The first-order chi connectivity index (χ1) is 27.4. The minimum Gasteiger partial charge on any atom is -0.458 e. The van der Waals surface area contributed by atoms with Gasteiger partial charge in [-0.15, -0.1) is 0 Å². The molecule has 1 aliphatic heterocycles. The molecule has 0 bridgehead atoms. The monoisotopic (exact) mass is 823 g/mol. The van der Waals surface area contributed by atoms with E-state index in [1.165, 1.54) is 6.92 Å². The third-order valence-electron chi connectivity index (χ3n) is 13.9. The average molecular weight is 824 g/mol. The van der Waals surface area contributed by atoms with Gasteiger partial charge in [-0.2, -0.15) is 0 Å². The van der Waals surface area contributed by atoms with Gasteiger partial charge in [-0.3, -0.25) is 4.79 Å². The van der Waals surface area contributed by atoms with Gasteiger partial charge < -0.3 is 44.0 Å². The Morgan fingerprint density at radius 2 is 1.73 bits per heavy atom. The largest absolute Gasteiger partial charge is 0.458 e. The Balaban J connectivity index is 1.52. The summed E-state index contributed by atoms with van der Waals surface area (Å²) in [7, 11) is 0. The molecule has 0 aromatic heterocycles. The van der Waals surface area contributed by atoms with Crippen LogP contribution in [0.15, 0.2) is 54.1 Å². The van der Waals surface area contributed by atoms with Gasteiger partial charge in [0, 0.05) is 36.5 Å². The smallest absolute Gasteiger partial charge is 0.407 e. The van der Waals surface area contributed by atoms with Crippen molar-refractivity contribution in [2.75, 3.05) is 0 Å². The first kappa shape index (κ1) is 44.8. The molecule has 13 nitrogen and oxygen atoms in total. The number of amides is 1. The number of nitrogens with one attached hydrogen (secondary N) is 1. The Morgan fingerprint density at radius 1 is 1.07 bits per heavy atom. The highest BCUT2D eigenvalue weighted by Gasteiger charge is 2.79. The Kier molecular flexibility index (Phi) is 12.1. The highest BCUT2D eigenvalue weighted by atomic mass is 16.7. The van der Waals surface area contributed by atoms with Crippen LogP contribution in [0, 0.1) is 34.5 Å². The van der Waals surface area contributed by atoms with E-state index in [0.717, 1.165) is 6.42 Å². The standard InChI is InChI=1S/C46H65NO12/c1-13-33-55-32-22-29-19-20-46(29,58-27(6)48)36-38(57-39(50)28-17-15-14-16-18-28)45(43(10,11)53)23-31(25(4)34(45)26(5)37(56-33)44(32,36)12)54-40(51)35(49)30(21-24(2)3)47-41(52)59-42(7,8)9/h13-18,24,26,29-33,35-38,49,53H,1,19-23H2,2-12H3,(H,47,52)/t26-,29+,30-,31-,32-,33-,35+,36-,37-,38-,44+,45-,46-/m0/s1. The van der Waals surface area contributed by atoms with E-state index in [-0.39, 0.29) is 24.7 Å². The molecule has 13 heteroatoms. The van der Waals surface area contributed by atoms with E-state index in [0.29, 0.717) is 29.6 Å². The lowest BCUT2D eigenvalue weighted by Gasteiger charge is -2.68. The van der Waals surface area contributed by atoms with Crippen molar-refractivity contribution < 1.29 is 57.8 Å². The first-order valence-electron chi connectivity index (χ1n) is 21.1. The van der Waals surface area contributed by atoms with E-state index in [1.54, 1.807) is 71.0 Å². The summed E-state index contributed by atoms with van der Waals surface area (Å²) in [6.45, 7) is 23.6. The topological polar surface area (TPSA) is 176 Å². The molecule has 5 aliphatic rings. The third kappa shape index (κ3) is 7.74. The second-order valence-electron chi connectivity index (χ2n) is 19.7. The third-order valence-corrected chi connectivity index (χ3v) is 13.9. The van der Waals surface area contributed by atoms with Crippen molar-refractivity contribution in [1.82, 2.24) is 5.32 Å². The molecule has 13 atom stereocenters. The van der Waals surface area contributed by atoms with Gasteiger partial charge in [0.15, 0.2) is 12.4 Å². The van der Waals surface area contributed by atoms with E-state index in [4.69, 9.17) is 28.4 Å². The van der Waals surface area contributed by atoms with E-state index in [9.17, 15) is 29.4 Å². The average Bonchev–Trinajstić information content (AvgIpc) is 3.39. The maximum absolute atomic E-state index is 14.5. The van der Waals surface area contributed by atoms with Gasteiger partial charge in [-0.1, -0.05) is 52.5 Å². The van der Waals surface area contributed by atoms with Gasteiger partial charge in [0.25, 0.3) is 0 Å². The molecule has 1 heterocycles. The molecule has 3 saturated carbocycles. The molecule has 6 rings (SSSR count). The summed E-state index contributed by atoms with van der Waals surface area (Å²) in [5.74, 6) is -3.53. The van der Waals surface area contributed by atoms with Gasteiger partial charge in [-0.05, 0) is 102 Å². The van der Waals surface area contributed by atoms with Crippen molar-refractivity contribution in [2.24, 2.45) is 34.5 Å². The summed E-state index contributed by atoms with van der Waals surface area (Å²) in [5, 5.41) is 27.1. The number of rotatable bonds is 11. The normalized spacial score (nSPS) is 36.0. The summed E-state index contributed by atoms with van der Waals surface area (Å²) in [6.07, 6.45) is -2.98. The predicted molar refractivity (Wildman–Crippen MR) is 217 cm³/mol. The van der Waals surface area contributed by atoms with Gasteiger partial charge >= 0.3 is 24.0 Å². The molecule has 1 amide bonds. The fourth-order valence-corrected chi connectivity index (χ4v) is 11.6. The van der Waals surface area contributed by atoms with Crippen LogP contribution in [0.3, 0.4) is 0 Å². The predicted octanol–water partition coefficient (Wildman–Crippen LogP) is 6.59. The molecular formula is C46H65NO12. The minimum absolute atomic E-state index is 0.0222. The van der Waals surface area contributed by atoms with Gasteiger partial charge in [0.05, 0.1) is 34.8 Å². The summed E-state index contributed by atoms with van der Waals surface area (Å²) >= 11 is 0. The van der Waals surface area contributed by atoms with Crippen LogP contribution in [-0.4, -0.2) is 93.9 Å². The van der Waals surface area contributed by atoms with Crippen molar-refractivity contribution in [3.63, 3.8) is 0 Å².